The molecule has 0 saturated heterocycles. The fraction of sp³-hybridized carbons (Fsp3) is 0.889. The van der Waals surface area contributed by atoms with Gasteiger partial charge in [0, 0.05) is 12.6 Å². The Morgan fingerprint density at radius 1 is 0.694 bits per heavy atom. The lowest BCUT2D eigenvalue weighted by molar-refractivity contribution is -0.344. The monoisotopic (exact) mass is 562 g/mol. The molecule has 0 spiro atoms. The SMILES string of the molecule is CC1(C)C[C@H](NC(=O)C(F)(F)C(F)(F)C(F)(F)F)C[C@](C)(CNC(=O)C(F)(F)C(F)(F)C(F)(F)F)C1. The summed E-state index contributed by atoms with van der Waals surface area (Å²) in [4.78, 5) is 23.2. The number of rotatable bonds is 7. The number of alkyl halides is 14. The zero-order chi connectivity index (χ0) is 29.0. The molecule has 1 rings (SSSR count). The van der Waals surface area contributed by atoms with Gasteiger partial charge >= 0.3 is 36.0 Å². The van der Waals surface area contributed by atoms with Crippen LogP contribution in [0.1, 0.15) is 40.0 Å². The van der Waals surface area contributed by atoms with E-state index in [4.69, 9.17) is 0 Å². The van der Waals surface area contributed by atoms with E-state index in [-0.39, 0.29) is 12.8 Å². The second kappa shape index (κ2) is 9.06. The van der Waals surface area contributed by atoms with Crippen LogP contribution in [0.3, 0.4) is 0 Å². The maximum absolute atomic E-state index is 13.6. The predicted octanol–water partition coefficient (Wildman–Crippen LogP) is 5.47. The summed E-state index contributed by atoms with van der Waals surface area (Å²) in [5, 5.41) is 2.51. The maximum atomic E-state index is 13.6. The van der Waals surface area contributed by atoms with Crippen LogP contribution in [-0.4, -0.2) is 60.4 Å². The molecule has 0 aromatic carbocycles. The summed E-state index contributed by atoms with van der Waals surface area (Å²) in [6, 6.07) is -1.60. The van der Waals surface area contributed by atoms with Gasteiger partial charge in [-0.2, -0.15) is 61.5 Å². The zero-order valence-corrected chi connectivity index (χ0v) is 18.5. The highest BCUT2D eigenvalue weighted by molar-refractivity contribution is 5.85. The first kappa shape index (κ1) is 32.0. The van der Waals surface area contributed by atoms with E-state index in [9.17, 15) is 71.1 Å². The second-order valence-corrected chi connectivity index (χ2v) is 9.71. The second-order valence-electron chi connectivity index (χ2n) is 9.71. The quantitative estimate of drug-likeness (QED) is 0.405. The molecule has 0 radical (unpaired) electrons. The lowest BCUT2D eigenvalue weighted by Gasteiger charge is -2.47. The van der Waals surface area contributed by atoms with Crippen LogP contribution in [0.15, 0.2) is 0 Å². The molecule has 18 heteroatoms. The van der Waals surface area contributed by atoms with Crippen molar-refractivity contribution in [2.75, 3.05) is 6.54 Å². The molecule has 0 aromatic heterocycles. The zero-order valence-electron chi connectivity index (χ0n) is 18.5. The molecule has 1 aliphatic rings. The van der Waals surface area contributed by atoms with Gasteiger partial charge in [-0.15, -0.1) is 0 Å². The molecule has 0 aromatic rings. The van der Waals surface area contributed by atoms with E-state index < -0.39 is 77.7 Å². The number of hydrogen-bond donors (Lipinski definition) is 2. The maximum Gasteiger partial charge on any atom is 0.460 e. The van der Waals surface area contributed by atoms with Gasteiger partial charge in [-0.1, -0.05) is 20.8 Å². The molecule has 0 aliphatic heterocycles. The molecule has 1 aliphatic carbocycles. The predicted molar refractivity (Wildman–Crippen MR) is 92.6 cm³/mol. The summed E-state index contributed by atoms with van der Waals surface area (Å²) in [5.74, 6) is -32.1. The van der Waals surface area contributed by atoms with Crippen LogP contribution in [0.25, 0.3) is 0 Å². The molecule has 212 valence electrons. The lowest BCUT2D eigenvalue weighted by Crippen LogP contribution is -2.62. The van der Waals surface area contributed by atoms with E-state index in [0.29, 0.717) is 0 Å². The van der Waals surface area contributed by atoms with Crippen molar-refractivity contribution in [3.63, 3.8) is 0 Å². The van der Waals surface area contributed by atoms with Crippen molar-refractivity contribution < 1.29 is 71.1 Å². The van der Waals surface area contributed by atoms with Gasteiger partial charge in [0.05, 0.1) is 0 Å². The topological polar surface area (TPSA) is 58.2 Å². The summed E-state index contributed by atoms with van der Waals surface area (Å²) >= 11 is 0. The molecule has 0 unspecified atom stereocenters. The first-order valence-electron chi connectivity index (χ1n) is 9.78. The summed E-state index contributed by atoms with van der Waals surface area (Å²) in [6.07, 6.45) is -14.7. The number of nitrogens with one attached hydrogen (secondary N) is 2. The van der Waals surface area contributed by atoms with Crippen LogP contribution >= 0.6 is 0 Å². The van der Waals surface area contributed by atoms with Crippen molar-refractivity contribution in [1.29, 1.82) is 0 Å². The molecule has 1 fully saturated rings. The average molecular weight is 562 g/mol. The van der Waals surface area contributed by atoms with Gasteiger partial charge in [0.15, 0.2) is 0 Å². The Morgan fingerprint density at radius 2 is 1.08 bits per heavy atom. The Kier molecular flexibility index (Phi) is 8.05. The van der Waals surface area contributed by atoms with Gasteiger partial charge in [0.2, 0.25) is 0 Å². The third kappa shape index (κ3) is 5.92. The van der Waals surface area contributed by atoms with Gasteiger partial charge in [0.25, 0.3) is 11.8 Å². The highest BCUT2D eigenvalue weighted by atomic mass is 19.4. The Labute approximate surface area is 194 Å². The van der Waals surface area contributed by atoms with Crippen molar-refractivity contribution >= 4 is 11.8 Å². The first-order chi connectivity index (χ1) is 15.5. The molecule has 0 heterocycles. The van der Waals surface area contributed by atoms with E-state index >= 15 is 0 Å². The summed E-state index contributed by atoms with van der Waals surface area (Å²) in [5.41, 5.74) is -2.68. The van der Waals surface area contributed by atoms with E-state index in [1.165, 1.54) is 24.5 Å². The van der Waals surface area contributed by atoms with Crippen molar-refractivity contribution in [3.8, 4) is 0 Å². The van der Waals surface area contributed by atoms with Crippen molar-refractivity contribution in [1.82, 2.24) is 10.6 Å². The largest absolute Gasteiger partial charge is 0.460 e. The van der Waals surface area contributed by atoms with Crippen LogP contribution in [0.4, 0.5) is 61.5 Å². The van der Waals surface area contributed by atoms with Gasteiger partial charge in [0.1, 0.15) is 0 Å². The highest BCUT2D eigenvalue weighted by Crippen LogP contribution is 2.49. The Bertz CT molecular complexity index is 850. The van der Waals surface area contributed by atoms with Gasteiger partial charge in [-0.3, -0.25) is 9.59 Å². The third-order valence-electron chi connectivity index (χ3n) is 5.53. The van der Waals surface area contributed by atoms with Crippen LogP contribution < -0.4 is 10.6 Å². The standard InChI is InChI=1S/C18H20F14N2O2/c1-11(2)4-8(34-10(36)14(21,22)16(25,26)18(30,31)32)5-12(3,6-11)7-33-9(35)13(19,20)15(23,24)17(27,28)29/h8H,4-7H2,1-3H3,(H,33,35)(H,34,36)/t8-,12-/m0/s1. The van der Waals surface area contributed by atoms with Crippen molar-refractivity contribution in [3.05, 3.63) is 0 Å². The Hall–Kier alpha value is -2.04. The highest BCUT2D eigenvalue weighted by Gasteiger charge is 2.77. The molecular weight excluding hydrogens is 542 g/mol. The molecule has 0 bridgehead atoms. The molecule has 2 N–H and O–H groups in total. The summed E-state index contributed by atoms with van der Waals surface area (Å²) < 4.78 is 180. The average Bonchev–Trinajstić information content (AvgIpc) is 2.62. The van der Waals surface area contributed by atoms with E-state index in [2.05, 4.69) is 0 Å². The minimum absolute atomic E-state index is 0.150. The number of carbonyl (C=O) groups is 2. The lowest BCUT2D eigenvalue weighted by atomic mass is 9.62. The number of hydrogen-bond acceptors (Lipinski definition) is 2. The molecule has 4 nitrogen and oxygen atoms in total. The van der Waals surface area contributed by atoms with Crippen LogP contribution in [0, 0.1) is 10.8 Å². The Balaban J connectivity index is 3.08. The smallest absolute Gasteiger partial charge is 0.350 e. The fourth-order valence-corrected chi connectivity index (χ4v) is 4.19. The molecule has 36 heavy (non-hydrogen) atoms. The first-order valence-corrected chi connectivity index (χ1v) is 9.78. The van der Waals surface area contributed by atoms with E-state index in [1.807, 2.05) is 0 Å². The number of amides is 2. The molecule has 2 atom stereocenters. The molecule has 2 amide bonds. The number of carbonyl (C=O) groups excluding carboxylic acids is 2. The minimum atomic E-state index is -6.80. The van der Waals surface area contributed by atoms with Gasteiger partial charge in [-0.05, 0) is 30.1 Å². The van der Waals surface area contributed by atoms with Crippen LogP contribution in [0.5, 0.6) is 0 Å². The van der Waals surface area contributed by atoms with Crippen LogP contribution in [0.2, 0.25) is 0 Å². The van der Waals surface area contributed by atoms with E-state index in [0.717, 1.165) is 6.92 Å². The normalized spacial score (nSPS) is 24.3. The summed E-state index contributed by atoms with van der Waals surface area (Å²) in [7, 11) is 0. The van der Waals surface area contributed by atoms with Gasteiger partial charge < -0.3 is 10.6 Å². The molecule has 1 saturated carbocycles. The van der Waals surface area contributed by atoms with E-state index in [1.54, 1.807) is 0 Å². The third-order valence-corrected chi connectivity index (χ3v) is 5.53. The van der Waals surface area contributed by atoms with Crippen molar-refractivity contribution in [2.45, 2.75) is 82.1 Å². The van der Waals surface area contributed by atoms with Crippen LogP contribution in [-0.2, 0) is 9.59 Å². The van der Waals surface area contributed by atoms with Crippen molar-refractivity contribution in [2.24, 2.45) is 10.8 Å². The summed E-state index contributed by atoms with van der Waals surface area (Å²) in [6.45, 7) is 2.76. The molecular formula is C18H20F14N2O2. The minimum Gasteiger partial charge on any atom is -0.350 e. The Morgan fingerprint density at radius 3 is 1.47 bits per heavy atom. The fourth-order valence-electron chi connectivity index (χ4n) is 4.19. The number of halogens is 14. The van der Waals surface area contributed by atoms with Gasteiger partial charge in [-0.25, -0.2) is 0 Å².